The van der Waals surface area contributed by atoms with Crippen molar-refractivity contribution in [2.75, 3.05) is 20.3 Å². The van der Waals surface area contributed by atoms with Crippen LogP contribution in [0.4, 0.5) is 0 Å². The molecule has 1 saturated carbocycles. The van der Waals surface area contributed by atoms with E-state index in [9.17, 15) is 19.2 Å². The summed E-state index contributed by atoms with van der Waals surface area (Å²) in [5.41, 5.74) is 2.52. The van der Waals surface area contributed by atoms with Gasteiger partial charge in [-0.2, -0.15) is 0 Å². The van der Waals surface area contributed by atoms with Gasteiger partial charge in [0.1, 0.15) is 12.2 Å². The van der Waals surface area contributed by atoms with Gasteiger partial charge in [0.05, 0.1) is 25.1 Å². The maximum atomic E-state index is 12.8. The largest absolute Gasteiger partial charge is 0.494 e. The Morgan fingerprint density at radius 3 is 2.31 bits per heavy atom. The molecule has 0 radical (unpaired) electrons. The van der Waals surface area contributed by atoms with Gasteiger partial charge in [-0.25, -0.2) is 4.68 Å². The number of carbonyl (C=O) groups excluding carboxylic acids is 4. The number of hydrogen-bond donors (Lipinski definition) is 2. The summed E-state index contributed by atoms with van der Waals surface area (Å²) in [6, 6.07) is 13.7. The molecule has 0 saturated heterocycles. The van der Waals surface area contributed by atoms with Gasteiger partial charge >= 0.3 is 5.97 Å². The van der Waals surface area contributed by atoms with Gasteiger partial charge in [-0.3, -0.25) is 19.2 Å². The van der Waals surface area contributed by atoms with Gasteiger partial charge in [0.25, 0.3) is 11.8 Å². The minimum Gasteiger partial charge on any atom is -0.494 e. The highest BCUT2D eigenvalue weighted by molar-refractivity contribution is 6.06. The fourth-order valence-electron chi connectivity index (χ4n) is 3.88. The second-order valence-electron chi connectivity index (χ2n) is 9.10. The van der Waals surface area contributed by atoms with E-state index >= 15 is 0 Å². The van der Waals surface area contributed by atoms with Crippen LogP contribution in [0.25, 0.3) is 5.69 Å². The fourth-order valence-corrected chi connectivity index (χ4v) is 3.88. The van der Waals surface area contributed by atoms with E-state index in [0.717, 1.165) is 12.8 Å². The molecule has 0 unspecified atom stereocenters. The van der Waals surface area contributed by atoms with E-state index < -0.39 is 5.97 Å². The van der Waals surface area contributed by atoms with Crippen LogP contribution in [0.5, 0.6) is 5.75 Å². The summed E-state index contributed by atoms with van der Waals surface area (Å²) in [5, 5.41) is 14.1. The predicted molar refractivity (Wildman–Crippen MR) is 141 cm³/mol. The van der Waals surface area contributed by atoms with Gasteiger partial charge in [-0.15, -0.1) is 5.10 Å². The monoisotopic (exact) mass is 533 g/mol. The third-order valence-corrected chi connectivity index (χ3v) is 6.14. The number of benzene rings is 2. The molecular weight excluding hydrogens is 502 g/mol. The van der Waals surface area contributed by atoms with Crippen LogP contribution in [0.2, 0.25) is 0 Å². The van der Waals surface area contributed by atoms with Crippen molar-refractivity contribution < 1.29 is 28.7 Å². The topological polar surface area (TPSA) is 142 Å². The van der Waals surface area contributed by atoms with Crippen molar-refractivity contribution in [1.29, 1.82) is 0 Å². The zero-order chi connectivity index (χ0) is 27.8. The molecule has 204 valence electrons. The first-order chi connectivity index (χ1) is 18.9. The second-order valence-corrected chi connectivity index (χ2v) is 9.10. The van der Waals surface area contributed by atoms with Crippen LogP contribution in [0.1, 0.15) is 69.5 Å². The van der Waals surface area contributed by atoms with Crippen molar-refractivity contribution in [2.24, 2.45) is 0 Å². The van der Waals surface area contributed by atoms with Crippen molar-refractivity contribution in [2.45, 2.75) is 45.1 Å². The molecule has 2 N–H and O–H groups in total. The summed E-state index contributed by atoms with van der Waals surface area (Å²) in [6.45, 7) is 2.74. The molecule has 1 aliphatic carbocycles. The average molecular weight is 534 g/mol. The van der Waals surface area contributed by atoms with Crippen molar-refractivity contribution in [3.05, 3.63) is 71.0 Å². The number of esters is 1. The van der Waals surface area contributed by atoms with Gasteiger partial charge in [-0.05, 0) is 81.1 Å². The van der Waals surface area contributed by atoms with Gasteiger partial charge in [-0.1, -0.05) is 5.21 Å². The smallest absolute Gasteiger partial charge is 0.313 e. The zero-order valence-electron chi connectivity index (χ0n) is 21.9. The fraction of sp³-hybridized carbons (Fsp3) is 0.357. The summed E-state index contributed by atoms with van der Waals surface area (Å²) < 4.78 is 12.0. The molecule has 3 aromatic rings. The van der Waals surface area contributed by atoms with Crippen molar-refractivity contribution >= 4 is 23.6 Å². The Kier molecular flexibility index (Phi) is 9.03. The lowest BCUT2D eigenvalue weighted by Gasteiger charge is -2.10. The molecule has 2 aromatic carbocycles. The zero-order valence-corrected chi connectivity index (χ0v) is 21.9. The predicted octanol–water partition coefficient (Wildman–Crippen LogP) is 2.67. The number of nitrogens with zero attached hydrogens (tertiary/aromatic N) is 3. The highest BCUT2D eigenvalue weighted by atomic mass is 16.5. The maximum absolute atomic E-state index is 12.8. The van der Waals surface area contributed by atoms with Crippen LogP contribution in [-0.4, -0.2) is 64.9 Å². The molecule has 0 bridgehead atoms. The summed E-state index contributed by atoms with van der Waals surface area (Å²) in [4.78, 5) is 48.4. The number of aromatic nitrogens is 3. The Balaban J connectivity index is 1.42. The molecule has 0 spiro atoms. The van der Waals surface area contributed by atoms with Crippen LogP contribution in [0, 0.1) is 0 Å². The Bertz CT molecular complexity index is 1330. The molecule has 4 rings (SSSR count). The average Bonchev–Trinajstić information content (AvgIpc) is 3.66. The van der Waals surface area contributed by atoms with E-state index in [1.807, 2.05) is 6.92 Å². The van der Waals surface area contributed by atoms with Crippen LogP contribution in [0.15, 0.2) is 48.5 Å². The molecular formula is C28H31N5O6. The Hall–Kier alpha value is -4.54. The van der Waals surface area contributed by atoms with Crippen molar-refractivity contribution in [3.8, 4) is 11.4 Å². The van der Waals surface area contributed by atoms with Gasteiger partial charge in [0, 0.05) is 23.7 Å². The van der Waals surface area contributed by atoms with Crippen LogP contribution in [-0.2, 0) is 16.0 Å². The lowest BCUT2D eigenvalue weighted by Crippen LogP contribution is -2.27. The molecule has 11 nitrogen and oxygen atoms in total. The number of ketones is 1. The van der Waals surface area contributed by atoms with Crippen LogP contribution in [0.3, 0.4) is 0 Å². The number of carbonyl (C=O) groups is 4. The van der Waals surface area contributed by atoms with Gasteiger partial charge in [0.2, 0.25) is 0 Å². The maximum Gasteiger partial charge on any atom is 0.313 e. The minimum absolute atomic E-state index is 0.162. The summed E-state index contributed by atoms with van der Waals surface area (Å²) in [5.74, 6) is -0.762. The molecule has 2 amide bonds. The number of Topliss-reactive ketones (excluding diaryl/α,β-unsaturated/α-hetero) is 1. The summed E-state index contributed by atoms with van der Waals surface area (Å²) in [7, 11) is 1.24. The normalized spacial score (nSPS) is 12.5. The van der Waals surface area contributed by atoms with Crippen LogP contribution < -0.4 is 15.4 Å². The molecule has 1 fully saturated rings. The highest BCUT2D eigenvalue weighted by Crippen LogP contribution is 2.21. The number of nitrogens with one attached hydrogen (secondary N) is 2. The summed E-state index contributed by atoms with van der Waals surface area (Å²) in [6.07, 6.45) is 2.63. The van der Waals surface area contributed by atoms with E-state index in [0.29, 0.717) is 54.3 Å². The number of amides is 2. The first-order valence-electron chi connectivity index (χ1n) is 12.9. The van der Waals surface area contributed by atoms with E-state index in [-0.39, 0.29) is 35.8 Å². The highest BCUT2D eigenvalue weighted by Gasteiger charge is 2.27. The third kappa shape index (κ3) is 7.28. The number of methoxy groups -OCH3 is 1. The van der Waals surface area contributed by atoms with E-state index in [1.54, 1.807) is 53.2 Å². The van der Waals surface area contributed by atoms with Gasteiger partial charge in [0.15, 0.2) is 11.5 Å². The molecule has 11 heteroatoms. The standard InChI is InChI=1S/C28H31N5O6/c1-3-29-27(36)19-6-12-21(13-7-19)33-23(26(31-32-33)28(37)30-20-10-11-20)5-4-16-39-22-14-8-18(9-15-22)24(34)17-25(35)38-2/h6-9,12-15,20H,3-5,10-11,16-17H2,1-2H3,(H,29,36)(H,30,37). The SMILES string of the molecule is CCNC(=O)c1ccc(-n2nnc(C(=O)NC3CC3)c2CCCOc2ccc(C(=O)CC(=O)OC)cc2)cc1. The molecule has 0 atom stereocenters. The number of ether oxygens (including phenoxy) is 2. The molecule has 39 heavy (non-hydrogen) atoms. The van der Waals surface area contributed by atoms with E-state index in [2.05, 4.69) is 25.7 Å². The molecule has 1 heterocycles. The van der Waals surface area contributed by atoms with Crippen molar-refractivity contribution in [1.82, 2.24) is 25.6 Å². The Labute approximate surface area is 225 Å². The summed E-state index contributed by atoms with van der Waals surface area (Å²) >= 11 is 0. The lowest BCUT2D eigenvalue weighted by molar-refractivity contribution is -0.139. The number of hydrogen-bond acceptors (Lipinski definition) is 8. The molecule has 1 aromatic heterocycles. The van der Waals surface area contributed by atoms with E-state index in [1.165, 1.54) is 7.11 Å². The molecule has 0 aliphatic heterocycles. The quantitative estimate of drug-likeness (QED) is 0.148. The van der Waals surface area contributed by atoms with E-state index in [4.69, 9.17) is 4.74 Å². The minimum atomic E-state index is -0.586. The van der Waals surface area contributed by atoms with Crippen molar-refractivity contribution in [3.63, 3.8) is 0 Å². The first kappa shape index (κ1) is 27.5. The second kappa shape index (κ2) is 12.8. The third-order valence-electron chi connectivity index (χ3n) is 6.14. The van der Waals surface area contributed by atoms with Crippen LogP contribution >= 0.6 is 0 Å². The Morgan fingerprint density at radius 2 is 1.67 bits per heavy atom. The first-order valence-corrected chi connectivity index (χ1v) is 12.9. The number of rotatable bonds is 13. The molecule has 1 aliphatic rings. The lowest BCUT2D eigenvalue weighted by atomic mass is 10.1. The Morgan fingerprint density at radius 1 is 0.974 bits per heavy atom. The van der Waals surface area contributed by atoms with Gasteiger partial charge < -0.3 is 20.1 Å².